The molecule has 1 atom stereocenters. The Morgan fingerprint density at radius 2 is 1.85 bits per heavy atom. The summed E-state index contributed by atoms with van der Waals surface area (Å²) in [6.07, 6.45) is 0.921. The number of nitrogens with zero attached hydrogens (tertiary/aromatic N) is 4. The summed E-state index contributed by atoms with van der Waals surface area (Å²) in [7, 11) is 1.85. The van der Waals surface area contributed by atoms with E-state index in [0.29, 0.717) is 33.8 Å². The van der Waals surface area contributed by atoms with Gasteiger partial charge in [0.2, 0.25) is 0 Å². The largest absolute Gasteiger partial charge is 0.481 e. The highest BCUT2D eigenvalue weighted by atomic mass is 35.5. The van der Waals surface area contributed by atoms with Gasteiger partial charge in [0.15, 0.2) is 0 Å². The van der Waals surface area contributed by atoms with E-state index in [4.69, 9.17) is 33.1 Å². The van der Waals surface area contributed by atoms with Gasteiger partial charge in [0.1, 0.15) is 0 Å². The number of carboxylic acid groups (broad SMARTS) is 1. The Bertz CT molecular complexity index is 1410. The molecule has 2 aliphatic rings. The zero-order valence-electron chi connectivity index (χ0n) is 23.2. The molecular formula is C30H34Cl2N4O3S2. The van der Waals surface area contributed by atoms with E-state index < -0.39 is 5.97 Å². The second kappa shape index (κ2) is 14.7. The topological polar surface area (TPSA) is 87.9 Å². The molecule has 2 fully saturated rings. The molecule has 2 aromatic carbocycles. The minimum absolute atomic E-state index is 0.0680. The number of hydrogen-bond donors (Lipinski definition) is 1. The highest BCUT2D eigenvalue weighted by molar-refractivity contribution is 7.99. The van der Waals surface area contributed by atoms with E-state index in [1.54, 1.807) is 11.0 Å². The number of carboxylic acids is 1. The van der Waals surface area contributed by atoms with Crippen molar-refractivity contribution in [2.45, 2.75) is 25.3 Å². The fourth-order valence-corrected chi connectivity index (χ4v) is 7.42. The zero-order valence-corrected chi connectivity index (χ0v) is 26.3. The number of amides is 1. The Hall–Kier alpha value is -2.32. The number of thiophene rings is 1. The highest BCUT2D eigenvalue weighted by Gasteiger charge is 2.33. The number of rotatable bonds is 8. The average Bonchev–Trinajstić information content (AvgIpc) is 3.41. The van der Waals surface area contributed by atoms with Gasteiger partial charge in [-0.15, -0.1) is 11.3 Å². The van der Waals surface area contributed by atoms with Crippen molar-refractivity contribution < 1.29 is 14.7 Å². The third-order valence-electron chi connectivity index (χ3n) is 7.46. The quantitative estimate of drug-likeness (QED) is 0.319. The second-order valence-corrected chi connectivity index (χ2v) is 13.4. The molecule has 218 valence electrons. The van der Waals surface area contributed by atoms with Crippen molar-refractivity contribution in [2.24, 2.45) is 0 Å². The van der Waals surface area contributed by atoms with E-state index in [2.05, 4.69) is 27.6 Å². The van der Waals surface area contributed by atoms with E-state index in [-0.39, 0.29) is 11.8 Å². The minimum Gasteiger partial charge on any atom is -0.481 e. The lowest BCUT2D eigenvalue weighted by atomic mass is 9.93. The van der Waals surface area contributed by atoms with Crippen LogP contribution in [0.15, 0.2) is 41.8 Å². The molecule has 3 heterocycles. The Morgan fingerprint density at radius 3 is 2.51 bits per heavy atom. The molecule has 0 spiro atoms. The van der Waals surface area contributed by atoms with Gasteiger partial charge in [0, 0.05) is 74.9 Å². The van der Waals surface area contributed by atoms with E-state index in [1.165, 1.54) is 35.9 Å². The normalized spacial score (nSPS) is 16.8. The van der Waals surface area contributed by atoms with Crippen LogP contribution in [0.5, 0.6) is 0 Å². The number of fused-ring (bicyclic) bond motifs is 1. The molecule has 3 aromatic rings. The van der Waals surface area contributed by atoms with Crippen LogP contribution in [0.3, 0.4) is 0 Å². The Balaban J connectivity index is 0.000000909. The molecule has 0 unspecified atom stereocenters. The molecule has 41 heavy (non-hydrogen) atoms. The molecule has 7 nitrogen and oxygen atoms in total. The van der Waals surface area contributed by atoms with Crippen LogP contribution in [0.4, 0.5) is 0 Å². The molecule has 0 bridgehead atoms. The molecule has 0 aliphatic carbocycles. The molecule has 1 N–H and O–H groups in total. The number of hydrogen-bond acceptors (Lipinski definition) is 7. The van der Waals surface area contributed by atoms with E-state index in [0.717, 1.165) is 48.6 Å². The summed E-state index contributed by atoms with van der Waals surface area (Å²) in [6.45, 7) is 7.25. The lowest BCUT2D eigenvalue weighted by molar-refractivity contribution is -0.134. The standard InChI is InChI=1S/C28H30Cl2N4OS2.C2H4O2/c1-32(28(35)24-13-19(15-31)12-21-5-9-37-27(21)24)16-22(20-2-3-25(29)26(30)14-20)4-6-33-17-23(18-33)34-7-10-36-11-8-34;1-2(3)4/h2-3,5,9,12-14,22-23H,4,6-8,10-11,16-18H2,1H3;1H3,(H,3,4)/t22-;/m1./s1. The smallest absolute Gasteiger partial charge is 0.300 e. The van der Waals surface area contributed by atoms with Gasteiger partial charge >= 0.3 is 0 Å². The first kappa shape index (κ1) is 31.6. The van der Waals surface area contributed by atoms with Crippen LogP contribution in [0.2, 0.25) is 10.0 Å². The highest BCUT2D eigenvalue weighted by Crippen LogP contribution is 2.32. The van der Waals surface area contributed by atoms with E-state index in [1.807, 2.05) is 42.8 Å². The monoisotopic (exact) mass is 632 g/mol. The maximum atomic E-state index is 13.6. The van der Waals surface area contributed by atoms with Crippen molar-refractivity contribution in [2.75, 3.05) is 57.8 Å². The first-order chi connectivity index (χ1) is 19.7. The van der Waals surface area contributed by atoms with Gasteiger partial charge in [-0.2, -0.15) is 17.0 Å². The van der Waals surface area contributed by atoms with Crippen LogP contribution < -0.4 is 0 Å². The first-order valence-electron chi connectivity index (χ1n) is 13.5. The Labute approximate surface area is 259 Å². The Morgan fingerprint density at radius 1 is 1.15 bits per heavy atom. The molecule has 5 rings (SSSR count). The van der Waals surface area contributed by atoms with Crippen LogP contribution in [-0.4, -0.2) is 95.5 Å². The summed E-state index contributed by atoms with van der Waals surface area (Å²) in [5.74, 6) is 1.70. The third-order valence-corrected chi connectivity index (χ3v) is 10.1. The maximum Gasteiger partial charge on any atom is 0.300 e. The number of aliphatic carboxylic acids is 1. The fraction of sp³-hybridized carbons (Fsp3) is 0.433. The molecule has 0 radical (unpaired) electrons. The summed E-state index contributed by atoms with van der Waals surface area (Å²) in [4.78, 5) is 29.5. The summed E-state index contributed by atoms with van der Waals surface area (Å²) in [5, 5.41) is 20.9. The van der Waals surface area contributed by atoms with Crippen LogP contribution in [-0.2, 0) is 4.79 Å². The van der Waals surface area contributed by atoms with Gasteiger partial charge in [-0.1, -0.05) is 29.3 Å². The third kappa shape index (κ3) is 8.38. The van der Waals surface area contributed by atoms with Gasteiger partial charge < -0.3 is 14.9 Å². The van der Waals surface area contributed by atoms with Crippen LogP contribution in [0.1, 0.15) is 40.7 Å². The van der Waals surface area contributed by atoms with Crippen molar-refractivity contribution in [3.05, 3.63) is 68.5 Å². The van der Waals surface area contributed by atoms with E-state index >= 15 is 0 Å². The Kier molecular flexibility index (Phi) is 11.4. The predicted octanol–water partition coefficient (Wildman–Crippen LogP) is 6.15. The predicted molar refractivity (Wildman–Crippen MR) is 170 cm³/mol. The fourth-order valence-electron chi connectivity index (χ4n) is 5.29. The van der Waals surface area contributed by atoms with Gasteiger partial charge in [0.25, 0.3) is 11.9 Å². The number of halogens is 2. The number of thioether (sulfide) groups is 1. The van der Waals surface area contributed by atoms with Crippen molar-refractivity contribution in [1.82, 2.24) is 14.7 Å². The summed E-state index contributed by atoms with van der Waals surface area (Å²) in [6, 6.07) is 14.2. The van der Waals surface area contributed by atoms with Crippen LogP contribution in [0, 0.1) is 11.3 Å². The minimum atomic E-state index is -0.833. The second-order valence-electron chi connectivity index (χ2n) is 10.4. The molecule has 2 saturated heterocycles. The summed E-state index contributed by atoms with van der Waals surface area (Å²) in [5.41, 5.74) is 2.18. The molecule has 1 aromatic heterocycles. The van der Waals surface area contributed by atoms with Gasteiger partial charge in [-0.3, -0.25) is 14.5 Å². The van der Waals surface area contributed by atoms with Crippen molar-refractivity contribution in [3.8, 4) is 6.07 Å². The number of nitriles is 1. The molecule has 1 amide bonds. The number of carbonyl (C=O) groups excluding carboxylic acids is 1. The zero-order chi connectivity index (χ0) is 29.5. The average molecular weight is 634 g/mol. The lowest BCUT2D eigenvalue weighted by Gasteiger charge is -2.47. The lowest BCUT2D eigenvalue weighted by Crippen LogP contribution is -2.61. The molecule has 11 heteroatoms. The molecule has 2 aliphatic heterocycles. The first-order valence-corrected chi connectivity index (χ1v) is 16.3. The van der Waals surface area contributed by atoms with E-state index in [9.17, 15) is 10.1 Å². The maximum absolute atomic E-state index is 13.6. The number of carbonyl (C=O) groups is 2. The van der Waals surface area contributed by atoms with Crippen molar-refractivity contribution >= 4 is 68.3 Å². The van der Waals surface area contributed by atoms with Crippen LogP contribution in [0.25, 0.3) is 10.1 Å². The van der Waals surface area contributed by atoms with Gasteiger partial charge in [-0.25, -0.2) is 0 Å². The van der Waals surface area contributed by atoms with Gasteiger partial charge in [-0.05, 0) is 59.6 Å². The van der Waals surface area contributed by atoms with Gasteiger partial charge in [0.05, 0.1) is 27.2 Å². The van der Waals surface area contributed by atoms with Crippen molar-refractivity contribution in [3.63, 3.8) is 0 Å². The molecular weight excluding hydrogens is 599 g/mol. The molecule has 0 saturated carbocycles. The number of benzene rings is 2. The van der Waals surface area contributed by atoms with Crippen molar-refractivity contribution in [1.29, 1.82) is 5.26 Å². The van der Waals surface area contributed by atoms with Crippen LogP contribution >= 0.6 is 46.3 Å². The number of likely N-dealkylation sites (tertiary alicyclic amines) is 1. The summed E-state index contributed by atoms with van der Waals surface area (Å²) < 4.78 is 0.921. The number of likely N-dealkylation sites (N-methyl/N-ethyl adjacent to an activating group) is 1. The summed E-state index contributed by atoms with van der Waals surface area (Å²) >= 11 is 16.2. The SMILES string of the molecule is CC(=O)O.CN(C[C@@H](CCN1CC(N2CCSCC2)C1)c1ccc(Cl)c(Cl)c1)C(=O)c1cc(C#N)cc2ccsc12.